The first-order valence-corrected chi connectivity index (χ1v) is 6.11. The minimum atomic E-state index is -0.839. The number of hydrogen-bond acceptors (Lipinski definition) is 3. The fourth-order valence-corrected chi connectivity index (χ4v) is 1.96. The summed E-state index contributed by atoms with van der Waals surface area (Å²) in [7, 11) is 0. The van der Waals surface area contributed by atoms with Crippen molar-refractivity contribution in [3.05, 3.63) is 66.0 Å². The Hall–Kier alpha value is -2.56. The highest BCUT2D eigenvalue weighted by atomic mass is 19.2. The Bertz CT molecular complexity index is 759. The Morgan fingerprint density at radius 2 is 1.75 bits per heavy atom. The SMILES string of the molecule is Fc1cccc(CNc2ccc3nccnc3c2)c1F. The van der Waals surface area contributed by atoms with E-state index >= 15 is 0 Å². The molecule has 1 aromatic heterocycles. The molecule has 3 rings (SSSR count). The molecule has 0 saturated carbocycles. The third-order valence-electron chi connectivity index (χ3n) is 2.98. The number of rotatable bonds is 3. The van der Waals surface area contributed by atoms with E-state index in [1.54, 1.807) is 18.5 Å². The first kappa shape index (κ1) is 12.5. The molecule has 100 valence electrons. The van der Waals surface area contributed by atoms with Gasteiger partial charge in [-0.3, -0.25) is 9.97 Å². The second-order valence-electron chi connectivity index (χ2n) is 4.33. The Balaban J connectivity index is 1.81. The summed E-state index contributed by atoms with van der Waals surface area (Å²) < 4.78 is 26.6. The summed E-state index contributed by atoms with van der Waals surface area (Å²) in [6.45, 7) is 0.204. The van der Waals surface area contributed by atoms with Crippen LogP contribution in [0.4, 0.5) is 14.5 Å². The van der Waals surface area contributed by atoms with Crippen LogP contribution in [0.2, 0.25) is 0 Å². The maximum Gasteiger partial charge on any atom is 0.163 e. The fourth-order valence-electron chi connectivity index (χ4n) is 1.96. The lowest BCUT2D eigenvalue weighted by Crippen LogP contribution is -2.03. The van der Waals surface area contributed by atoms with E-state index in [4.69, 9.17) is 0 Å². The highest BCUT2D eigenvalue weighted by Crippen LogP contribution is 2.17. The molecule has 0 saturated heterocycles. The van der Waals surface area contributed by atoms with E-state index in [2.05, 4.69) is 15.3 Å². The molecule has 3 nitrogen and oxygen atoms in total. The van der Waals surface area contributed by atoms with Gasteiger partial charge in [0.25, 0.3) is 0 Å². The van der Waals surface area contributed by atoms with E-state index in [1.807, 2.05) is 18.2 Å². The number of hydrogen-bond donors (Lipinski definition) is 1. The fraction of sp³-hybridized carbons (Fsp3) is 0.0667. The van der Waals surface area contributed by atoms with Crippen LogP contribution in [0.3, 0.4) is 0 Å². The molecule has 3 aromatic rings. The Morgan fingerprint density at radius 3 is 2.60 bits per heavy atom. The number of nitrogens with zero attached hydrogens (tertiary/aromatic N) is 2. The predicted molar refractivity (Wildman–Crippen MR) is 73.2 cm³/mol. The molecule has 0 aliphatic heterocycles. The van der Waals surface area contributed by atoms with Gasteiger partial charge in [-0.1, -0.05) is 12.1 Å². The predicted octanol–water partition coefficient (Wildman–Crippen LogP) is 3.52. The van der Waals surface area contributed by atoms with Crippen LogP contribution in [-0.4, -0.2) is 9.97 Å². The zero-order valence-corrected chi connectivity index (χ0v) is 10.5. The van der Waals surface area contributed by atoms with Gasteiger partial charge < -0.3 is 5.32 Å². The average molecular weight is 271 g/mol. The van der Waals surface area contributed by atoms with Crippen LogP contribution >= 0.6 is 0 Å². The monoisotopic (exact) mass is 271 g/mol. The Morgan fingerprint density at radius 1 is 0.950 bits per heavy atom. The standard InChI is InChI=1S/C15H11F2N3/c16-12-3-1-2-10(15(12)17)9-20-11-4-5-13-14(8-11)19-7-6-18-13/h1-8,20H,9H2. The Kier molecular flexibility index (Phi) is 3.25. The van der Waals surface area contributed by atoms with Crippen molar-refractivity contribution in [2.24, 2.45) is 0 Å². The second kappa shape index (κ2) is 5.21. The highest BCUT2D eigenvalue weighted by Gasteiger charge is 2.07. The van der Waals surface area contributed by atoms with Crippen molar-refractivity contribution in [1.29, 1.82) is 0 Å². The van der Waals surface area contributed by atoms with Crippen molar-refractivity contribution in [1.82, 2.24) is 9.97 Å². The molecule has 1 heterocycles. The first-order chi connectivity index (χ1) is 9.74. The number of aromatic nitrogens is 2. The molecule has 2 aromatic carbocycles. The van der Waals surface area contributed by atoms with Gasteiger partial charge in [-0.25, -0.2) is 8.78 Å². The second-order valence-corrected chi connectivity index (χ2v) is 4.33. The summed E-state index contributed by atoms with van der Waals surface area (Å²) in [4.78, 5) is 8.36. The summed E-state index contributed by atoms with van der Waals surface area (Å²) >= 11 is 0. The quantitative estimate of drug-likeness (QED) is 0.792. The highest BCUT2D eigenvalue weighted by molar-refractivity contribution is 5.78. The molecule has 0 aliphatic carbocycles. The van der Waals surface area contributed by atoms with Crippen molar-refractivity contribution in [2.75, 3.05) is 5.32 Å². The molecule has 0 aliphatic rings. The number of anilines is 1. The molecule has 0 spiro atoms. The van der Waals surface area contributed by atoms with Gasteiger partial charge in [0.05, 0.1) is 11.0 Å². The molecule has 20 heavy (non-hydrogen) atoms. The lowest BCUT2D eigenvalue weighted by atomic mass is 10.2. The van der Waals surface area contributed by atoms with Crippen molar-refractivity contribution in [3.8, 4) is 0 Å². The molecule has 5 heteroatoms. The zero-order valence-electron chi connectivity index (χ0n) is 10.5. The lowest BCUT2D eigenvalue weighted by Gasteiger charge is -2.08. The summed E-state index contributed by atoms with van der Waals surface area (Å²) in [6, 6.07) is 9.61. The zero-order chi connectivity index (χ0) is 13.9. The minimum Gasteiger partial charge on any atom is -0.381 e. The van der Waals surface area contributed by atoms with Crippen LogP contribution < -0.4 is 5.32 Å². The van der Waals surface area contributed by atoms with Crippen LogP contribution in [0.15, 0.2) is 48.8 Å². The largest absolute Gasteiger partial charge is 0.381 e. The third kappa shape index (κ3) is 2.42. The van der Waals surface area contributed by atoms with Crippen molar-refractivity contribution >= 4 is 16.7 Å². The maximum atomic E-state index is 13.5. The van der Waals surface area contributed by atoms with E-state index in [0.29, 0.717) is 0 Å². The average Bonchev–Trinajstić information content (AvgIpc) is 2.48. The Labute approximate surface area is 114 Å². The molecule has 0 amide bonds. The first-order valence-electron chi connectivity index (χ1n) is 6.11. The van der Waals surface area contributed by atoms with Gasteiger partial charge >= 0.3 is 0 Å². The normalized spacial score (nSPS) is 10.7. The van der Waals surface area contributed by atoms with Gasteiger partial charge in [0.2, 0.25) is 0 Å². The van der Waals surface area contributed by atoms with Crippen LogP contribution in [0.25, 0.3) is 11.0 Å². The van der Waals surface area contributed by atoms with Crippen LogP contribution in [0, 0.1) is 11.6 Å². The molecule has 0 fully saturated rings. The van der Waals surface area contributed by atoms with E-state index < -0.39 is 11.6 Å². The molecule has 0 atom stereocenters. The van der Waals surface area contributed by atoms with Crippen molar-refractivity contribution in [3.63, 3.8) is 0 Å². The smallest absolute Gasteiger partial charge is 0.163 e. The summed E-state index contributed by atoms with van der Waals surface area (Å²) in [5.41, 5.74) is 2.60. The van der Waals surface area contributed by atoms with Crippen molar-refractivity contribution in [2.45, 2.75) is 6.54 Å². The summed E-state index contributed by atoms with van der Waals surface area (Å²) in [6.07, 6.45) is 3.23. The molecule has 1 N–H and O–H groups in total. The number of halogens is 2. The van der Waals surface area contributed by atoms with Crippen LogP contribution in [0.1, 0.15) is 5.56 Å². The maximum absolute atomic E-state index is 13.5. The van der Waals surface area contributed by atoms with Gasteiger partial charge in [-0.15, -0.1) is 0 Å². The topological polar surface area (TPSA) is 37.8 Å². The van der Waals surface area contributed by atoms with Crippen molar-refractivity contribution < 1.29 is 8.78 Å². The minimum absolute atomic E-state index is 0.204. The number of nitrogens with one attached hydrogen (secondary N) is 1. The van der Waals surface area contributed by atoms with Gasteiger partial charge in [-0.2, -0.15) is 0 Å². The van der Waals surface area contributed by atoms with Gasteiger partial charge in [0, 0.05) is 30.2 Å². The summed E-state index contributed by atoms with van der Waals surface area (Å²) in [5.74, 6) is -1.66. The van der Waals surface area contributed by atoms with Gasteiger partial charge in [0.1, 0.15) is 0 Å². The lowest BCUT2D eigenvalue weighted by molar-refractivity contribution is 0.500. The molecular weight excluding hydrogens is 260 g/mol. The van der Waals surface area contributed by atoms with Crippen LogP contribution in [-0.2, 0) is 6.54 Å². The summed E-state index contributed by atoms with van der Waals surface area (Å²) in [5, 5.41) is 3.05. The molecular formula is C15H11F2N3. The van der Waals surface area contributed by atoms with Gasteiger partial charge in [-0.05, 0) is 24.3 Å². The molecule has 0 radical (unpaired) electrons. The molecule has 0 bridgehead atoms. The van der Waals surface area contributed by atoms with E-state index in [9.17, 15) is 8.78 Å². The molecule has 0 unspecified atom stereocenters. The van der Waals surface area contributed by atoms with E-state index in [1.165, 1.54) is 6.07 Å². The van der Waals surface area contributed by atoms with Gasteiger partial charge in [0.15, 0.2) is 11.6 Å². The van der Waals surface area contributed by atoms with E-state index in [-0.39, 0.29) is 12.1 Å². The van der Waals surface area contributed by atoms with E-state index in [0.717, 1.165) is 22.8 Å². The number of fused-ring (bicyclic) bond motifs is 1. The van der Waals surface area contributed by atoms with Crippen LogP contribution in [0.5, 0.6) is 0 Å². The number of benzene rings is 2. The third-order valence-corrected chi connectivity index (χ3v) is 2.98.